The molecule has 1 aromatic carbocycles. The quantitative estimate of drug-likeness (QED) is 0.265. The van der Waals surface area contributed by atoms with E-state index in [1.54, 1.807) is 32.9 Å². The normalized spacial score (nSPS) is 15.4. The van der Waals surface area contributed by atoms with E-state index in [0.29, 0.717) is 29.5 Å². The SMILES string of the molecule is Cc1c(CC(=O)O)c(=O)oc2cc(NC(=O)C(CC(=O)O)n3cc(C4(NC(=O)C(C)C)CCCCC4)nn3)ccc12. The summed E-state index contributed by atoms with van der Waals surface area (Å²) in [5.41, 5.74) is -0.218. The molecule has 0 bridgehead atoms. The molecule has 218 valence electrons. The number of benzene rings is 1. The fourth-order valence-electron chi connectivity index (χ4n) is 5.15. The van der Waals surface area contributed by atoms with Crippen LogP contribution in [0.1, 0.15) is 75.2 Å². The van der Waals surface area contributed by atoms with Gasteiger partial charge in [-0.3, -0.25) is 19.2 Å². The van der Waals surface area contributed by atoms with Crippen LogP contribution in [0.25, 0.3) is 11.0 Å². The van der Waals surface area contributed by atoms with Gasteiger partial charge in [-0.2, -0.15) is 0 Å². The highest BCUT2D eigenvalue weighted by atomic mass is 16.4. The molecule has 2 heterocycles. The number of anilines is 1. The van der Waals surface area contributed by atoms with Gasteiger partial charge in [-0.1, -0.05) is 38.3 Å². The van der Waals surface area contributed by atoms with Crippen LogP contribution >= 0.6 is 0 Å². The summed E-state index contributed by atoms with van der Waals surface area (Å²) in [5, 5.41) is 33.3. The zero-order valence-electron chi connectivity index (χ0n) is 23.1. The predicted molar refractivity (Wildman–Crippen MR) is 146 cm³/mol. The summed E-state index contributed by atoms with van der Waals surface area (Å²) < 4.78 is 6.50. The zero-order valence-corrected chi connectivity index (χ0v) is 23.1. The van der Waals surface area contributed by atoms with E-state index in [1.165, 1.54) is 16.9 Å². The molecule has 2 amide bonds. The van der Waals surface area contributed by atoms with Crippen molar-refractivity contribution in [1.82, 2.24) is 20.3 Å². The van der Waals surface area contributed by atoms with Crippen LogP contribution < -0.4 is 16.3 Å². The van der Waals surface area contributed by atoms with Gasteiger partial charge in [0.2, 0.25) is 11.8 Å². The molecule has 0 saturated heterocycles. The molecule has 3 aromatic rings. The number of aromatic nitrogens is 3. The molecule has 0 spiro atoms. The van der Waals surface area contributed by atoms with Gasteiger partial charge in [-0.15, -0.1) is 5.10 Å². The first-order chi connectivity index (χ1) is 19.4. The Bertz CT molecular complexity index is 1550. The maximum Gasteiger partial charge on any atom is 0.340 e. The lowest BCUT2D eigenvalue weighted by molar-refractivity contribution is -0.140. The number of aryl methyl sites for hydroxylation is 1. The van der Waals surface area contributed by atoms with E-state index in [9.17, 15) is 29.1 Å². The molecule has 41 heavy (non-hydrogen) atoms. The number of carbonyl (C=O) groups excluding carboxylic acids is 2. The number of carboxylic acids is 2. The summed E-state index contributed by atoms with van der Waals surface area (Å²) in [6.45, 7) is 5.21. The van der Waals surface area contributed by atoms with E-state index >= 15 is 0 Å². The summed E-state index contributed by atoms with van der Waals surface area (Å²) in [6, 6.07) is 3.27. The smallest absolute Gasteiger partial charge is 0.340 e. The first-order valence-corrected chi connectivity index (χ1v) is 13.5. The minimum atomic E-state index is -1.27. The van der Waals surface area contributed by atoms with Gasteiger partial charge in [-0.25, -0.2) is 9.48 Å². The number of rotatable bonds is 10. The first kappa shape index (κ1) is 29.4. The molecule has 1 aliphatic rings. The highest BCUT2D eigenvalue weighted by molar-refractivity contribution is 5.97. The summed E-state index contributed by atoms with van der Waals surface area (Å²) in [7, 11) is 0. The van der Waals surface area contributed by atoms with E-state index in [4.69, 9.17) is 9.52 Å². The molecule has 1 saturated carbocycles. The summed E-state index contributed by atoms with van der Waals surface area (Å²) in [5.74, 6) is -3.45. The molecule has 4 N–H and O–H groups in total. The van der Waals surface area contributed by atoms with Crippen LogP contribution in [0.4, 0.5) is 5.69 Å². The number of nitrogens with one attached hydrogen (secondary N) is 2. The lowest BCUT2D eigenvalue weighted by atomic mass is 9.79. The van der Waals surface area contributed by atoms with Gasteiger partial charge in [0.15, 0.2) is 0 Å². The molecule has 1 atom stereocenters. The van der Waals surface area contributed by atoms with E-state index in [0.717, 1.165) is 19.3 Å². The Balaban J connectivity index is 1.62. The largest absolute Gasteiger partial charge is 0.481 e. The summed E-state index contributed by atoms with van der Waals surface area (Å²) in [4.78, 5) is 61.2. The van der Waals surface area contributed by atoms with Gasteiger partial charge in [0.25, 0.3) is 0 Å². The third kappa shape index (κ3) is 6.44. The fourth-order valence-corrected chi connectivity index (χ4v) is 5.15. The Morgan fingerprint density at radius 1 is 1.07 bits per heavy atom. The van der Waals surface area contributed by atoms with Gasteiger partial charge < -0.3 is 25.3 Å². The topological polar surface area (TPSA) is 194 Å². The third-order valence-corrected chi connectivity index (χ3v) is 7.47. The fraction of sp³-hybridized carbons (Fsp3) is 0.464. The Hall–Kier alpha value is -4.55. The van der Waals surface area contributed by atoms with Crippen molar-refractivity contribution < 1.29 is 33.8 Å². The third-order valence-electron chi connectivity index (χ3n) is 7.47. The van der Waals surface area contributed by atoms with Gasteiger partial charge in [0, 0.05) is 23.1 Å². The predicted octanol–water partition coefficient (Wildman–Crippen LogP) is 2.91. The molecule has 2 aromatic heterocycles. The van der Waals surface area contributed by atoms with Crippen LogP contribution in [-0.2, 0) is 31.1 Å². The second-order valence-corrected chi connectivity index (χ2v) is 10.7. The van der Waals surface area contributed by atoms with Crippen molar-refractivity contribution in [2.45, 2.75) is 77.3 Å². The van der Waals surface area contributed by atoms with Gasteiger partial charge in [0.1, 0.15) is 17.3 Å². The number of carbonyl (C=O) groups is 4. The second-order valence-electron chi connectivity index (χ2n) is 10.7. The molecule has 0 aliphatic heterocycles. The second kappa shape index (κ2) is 11.9. The molecule has 0 radical (unpaired) electrons. The molecule has 4 rings (SSSR count). The number of hydrogen-bond acceptors (Lipinski definition) is 8. The number of carboxylic acid groups (broad SMARTS) is 2. The van der Waals surface area contributed by atoms with Gasteiger partial charge in [0.05, 0.1) is 30.1 Å². The number of aliphatic carboxylic acids is 2. The molecule has 1 unspecified atom stereocenters. The minimum Gasteiger partial charge on any atom is -0.481 e. The number of hydrogen-bond donors (Lipinski definition) is 4. The Labute approximate surface area is 234 Å². The van der Waals surface area contributed by atoms with Crippen LogP contribution in [0, 0.1) is 12.8 Å². The number of amides is 2. The van der Waals surface area contributed by atoms with Gasteiger partial charge in [-0.05, 0) is 37.5 Å². The zero-order chi connectivity index (χ0) is 29.9. The maximum atomic E-state index is 13.3. The summed E-state index contributed by atoms with van der Waals surface area (Å²) in [6.07, 6.45) is 4.52. The number of fused-ring (bicyclic) bond motifs is 1. The molecule has 13 heteroatoms. The van der Waals surface area contributed by atoms with Crippen LogP contribution in [0.2, 0.25) is 0 Å². The monoisotopic (exact) mass is 567 g/mol. The molecular formula is C28H33N5O8. The highest BCUT2D eigenvalue weighted by Gasteiger charge is 2.39. The molecule has 1 aliphatic carbocycles. The van der Waals surface area contributed by atoms with E-state index in [2.05, 4.69) is 20.9 Å². The van der Waals surface area contributed by atoms with E-state index in [-0.39, 0.29) is 28.7 Å². The van der Waals surface area contributed by atoms with Crippen LogP contribution in [0.3, 0.4) is 0 Å². The lowest BCUT2D eigenvalue weighted by Crippen LogP contribution is -2.49. The van der Waals surface area contributed by atoms with E-state index in [1.807, 2.05) is 0 Å². The maximum absolute atomic E-state index is 13.3. The van der Waals surface area contributed by atoms with Crippen molar-refractivity contribution in [3.8, 4) is 0 Å². The van der Waals surface area contributed by atoms with E-state index < -0.39 is 47.9 Å². The van der Waals surface area contributed by atoms with Crippen molar-refractivity contribution in [2.75, 3.05) is 5.32 Å². The van der Waals surface area contributed by atoms with Crippen LogP contribution in [0.5, 0.6) is 0 Å². The first-order valence-electron chi connectivity index (χ1n) is 13.5. The van der Waals surface area contributed by atoms with Gasteiger partial charge >= 0.3 is 17.6 Å². The Morgan fingerprint density at radius 2 is 1.78 bits per heavy atom. The summed E-state index contributed by atoms with van der Waals surface area (Å²) >= 11 is 0. The minimum absolute atomic E-state index is 0.0330. The average Bonchev–Trinajstić information content (AvgIpc) is 3.40. The molecule has 1 fully saturated rings. The van der Waals surface area contributed by atoms with Crippen LogP contribution in [-0.4, -0.2) is 49.0 Å². The van der Waals surface area contributed by atoms with Crippen molar-refractivity contribution in [1.29, 1.82) is 0 Å². The van der Waals surface area contributed by atoms with Crippen molar-refractivity contribution in [3.63, 3.8) is 0 Å². The van der Waals surface area contributed by atoms with Crippen molar-refractivity contribution in [2.24, 2.45) is 5.92 Å². The van der Waals surface area contributed by atoms with Crippen molar-refractivity contribution in [3.05, 3.63) is 51.6 Å². The highest BCUT2D eigenvalue weighted by Crippen LogP contribution is 2.37. The lowest BCUT2D eigenvalue weighted by Gasteiger charge is -2.37. The standard InChI is InChI=1S/C28H33N5O8/c1-15(2)25(38)30-28(9-5-4-6-10-28)22-14-33(32-31-22)20(13-24(36)37)26(39)29-17-7-8-18-16(3)19(12-23(34)35)27(40)41-21(18)11-17/h7-8,11,14-15,20H,4-6,9-10,12-13H2,1-3H3,(H,29,39)(H,30,38)(H,34,35)(H,36,37). The average molecular weight is 568 g/mol. The van der Waals surface area contributed by atoms with Crippen LogP contribution in [0.15, 0.2) is 33.6 Å². The Morgan fingerprint density at radius 3 is 2.41 bits per heavy atom. The molecule has 13 nitrogen and oxygen atoms in total. The Kier molecular flexibility index (Phi) is 8.55. The van der Waals surface area contributed by atoms with Crippen molar-refractivity contribution >= 4 is 40.4 Å². The molecular weight excluding hydrogens is 534 g/mol. The number of nitrogens with zero attached hydrogens (tertiary/aromatic N) is 3.